The SMILES string of the molecule is N#Cc1ccccc1-c1c2ccccc2c(-c2ccc3c(c2)sc2cccc(-c4c5ccccc5c(-c5ccccc5)c5ccccc45)c23)c2ccccc12. The van der Waals surface area contributed by atoms with Crippen LogP contribution in [0.1, 0.15) is 5.56 Å². The summed E-state index contributed by atoms with van der Waals surface area (Å²) in [5.41, 5.74) is 10.2. The second-order valence-corrected chi connectivity index (χ2v) is 15.3. The molecule has 11 aromatic rings. The number of hydrogen-bond acceptors (Lipinski definition) is 2. The molecule has 0 N–H and O–H groups in total. The zero-order valence-corrected chi connectivity index (χ0v) is 30.6. The van der Waals surface area contributed by atoms with E-state index < -0.39 is 0 Å². The molecule has 0 amide bonds. The Hall–Kier alpha value is -7.05. The fourth-order valence-electron chi connectivity index (χ4n) is 9.05. The standard InChI is InChI=1S/C53H31NS/c54-32-35-17-4-5-18-36(35)51-41-23-10-8-21-39(41)50(40-22-9-11-24-42(40)51)34-29-30-45-48(31-34)55-47-28-14-27-46(53(45)47)52-43-25-12-6-19-37(43)49(33-15-2-1-3-16-33)38-20-7-13-26-44(38)52/h1-31H. The van der Waals surface area contributed by atoms with Crippen LogP contribution in [0.25, 0.3) is 108 Å². The van der Waals surface area contributed by atoms with Gasteiger partial charge >= 0.3 is 0 Å². The summed E-state index contributed by atoms with van der Waals surface area (Å²) >= 11 is 1.87. The van der Waals surface area contributed by atoms with E-state index in [9.17, 15) is 5.26 Å². The first-order valence-electron chi connectivity index (χ1n) is 18.7. The van der Waals surface area contributed by atoms with E-state index in [1.54, 1.807) is 0 Å². The third kappa shape index (κ3) is 4.77. The van der Waals surface area contributed by atoms with E-state index in [2.05, 4.69) is 176 Å². The maximum atomic E-state index is 10.1. The van der Waals surface area contributed by atoms with Crippen LogP contribution >= 0.6 is 11.3 Å². The molecule has 1 heterocycles. The van der Waals surface area contributed by atoms with Crippen molar-refractivity contribution in [1.29, 1.82) is 5.26 Å². The minimum atomic E-state index is 0.684. The fraction of sp³-hybridized carbons (Fsp3) is 0. The smallest absolute Gasteiger partial charge is 0.0998 e. The Morgan fingerprint density at radius 3 is 1.35 bits per heavy atom. The molecule has 254 valence electrons. The van der Waals surface area contributed by atoms with Gasteiger partial charge in [-0.3, -0.25) is 0 Å². The Morgan fingerprint density at radius 2 is 0.782 bits per heavy atom. The zero-order valence-electron chi connectivity index (χ0n) is 29.8. The number of thiophene rings is 1. The molecule has 0 radical (unpaired) electrons. The quantitative estimate of drug-likeness (QED) is 0.167. The highest BCUT2D eigenvalue weighted by Gasteiger charge is 2.22. The highest BCUT2D eigenvalue weighted by Crippen LogP contribution is 2.50. The molecule has 0 saturated heterocycles. The fourth-order valence-corrected chi connectivity index (χ4v) is 10.2. The molecule has 11 rings (SSSR count). The lowest BCUT2D eigenvalue weighted by Crippen LogP contribution is -1.92. The van der Waals surface area contributed by atoms with E-state index in [-0.39, 0.29) is 0 Å². The van der Waals surface area contributed by atoms with Gasteiger partial charge in [-0.05, 0) is 100 Å². The van der Waals surface area contributed by atoms with Crippen molar-refractivity contribution in [2.45, 2.75) is 0 Å². The van der Waals surface area contributed by atoms with Crippen molar-refractivity contribution >= 4 is 74.6 Å². The van der Waals surface area contributed by atoms with E-state index in [1.165, 1.54) is 85.9 Å². The minimum absolute atomic E-state index is 0.684. The molecule has 1 nitrogen and oxygen atoms in total. The van der Waals surface area contributed by atoms with E-state index >= 15 is 0 Å². The molecule has 2 heteroatoms. The predicted octanol–water partition coefficient (Wildman–Crippen LogP) is 15.2. The van der Waals surface area contributed by atoms with Crippen molar-refractivity contribution in [2.24, 2.45) is 0 Å². The largest absolute Gasteiger partial charge is 0.192 e. The van der Waals surface area contributed by atoms with E-state index in [0.717, 1.165) is 21.9 Å². The predicted molar refractivity (Wildman–Crippen MR) is 236 cm³/mol. The number of nitriles is 1. The first-order valence-corrected chi connectivity index (χ1v) is 19.5. The molecular weight excluding hydrogens is 683 g/mol. The molecule has 0 bridgehead atoms. The second kappa shape index (κ2) is 12.5. The first-order chi connectivity index (χ1) is 27.3. The van der Waals surface area contributed by atoms with Crippen LogP contribution in [0.3, 0.4) is 0 Å². The maximum Gasteiger partial charge on any atom is 0.0998 e. The third-order valence-corrected chi connectivity index (χ3v) is 12.4. The van der Waals surface area contributed by atoms with Crippen LogP contribution in [0.4, 0.5) is 0 Å². The van der Waals surface area contributed by atoms with Gasteiger partial charge in [0.1, 0.15) is 0 Å². The van der Waals surface area contributed by atoms with Crippen LogP contribution in [0.2, 0.25) is 0 Å². The molecule has 0 fully saturated rings. The van der Waals surface area contributed by atoms with Crippen molar-refractivity contribution in [3.05, 3.63) is 194 Å². The van der Waals surface area contributed by atoms with Gasteiger partial charge in [0.05, 0.1) is 11.6 Å². The summed E-state index contributed by atoms with van der Waals surface area (Å²) < 4.78 is 2.55. The Balaban J connectivity index is 1.18. The van der Waals surface area contributed by atoms with E-state index in [0.29, 0.717) is 5.56 Å². The molecule has 0 unspecified atom stereocenters. The first kappa shape index (κ1) is 31.5. The van der Waals surface area contributed by atoms with E-state index in [4.69, 9.17) is 0 Å². The Labute approximate surface area is 322 Å². The van der Waals surface area contributed by atoms with Crippen LogP contribution < -0.4 is 0 Å². The molecule has 0 aliphatic carbocycles. The zero-order chi connectivity index (χ0) is 36.5. The lowest BCUT2D eigenvalue weighted by atomic mass is 9.84. The molecule has 1 aromatic heterocycles. The highest BCUT2D eigenvalue weighted by molar-refractivity contribution is 7.26. The lowest BCUT2D eigenvalue weighted by molar-refractivity contribution is 1.48. The average molecular weight is 714 g/mol. The van der Waals surface area contributed by atoms with Crippen LogP contribution in [0.5, 0.6) is 0 Å². The number of rotatable bonds is 4. The Morgan fingerprint density at radius 1 is 0.327 bits per heavy atom. The van der Waals surface area contributed by atoms with Gasteiger partial charge in [0.15, 0.2) is 0 Å². The summed E-state index contributed by atoms with van der Waals surface area (Å²) in [4.78, 5) is 0. The molecule has 0 aliphatic rings. The van der Waals surface area contributed by atoms with Crippen LogP contribution in [0.15, 0.2) is 188 Å². The maximum absolute atomic E-state index is 10.1. The van der Waals surface area contributed by atoms with Gasteiger partial charge in [-0.15, -0.1) is 11.3 Å². The number of benzene rings is 10. The van der Waals surface area contributed by atoms with Gasteiger partial charge in [0.25, 0.3) is 0 Å². The van der Waals surface area contributed by atoms with Crippen molar-refractivity contribution < 1.29 is 0 Å². The van der Waals surface area contributed by atoms with Gasteiger partial charge in [-0.25, -0.2) is 0 Å². The van der Waals surface area contributed by atoms with Gasteiger partial charge in [-0.1, -0.05) is 170 Å². The lowest BCUT2D eigenvalue weighted by Gasteiger charge is -2.18. The monoisotopic (exact) mass is 713 g/mol. The summed E-state index contributed by atoms with van der Waals surface area (Å²) in [5.74, 6) is 0. The molecule has 0 atom stereocenters. The van der Waals surface area contributed by atoms with E-state index in [1.807, 2.05) is 29.5 Å². The van der Waals surface area contributed by atoms with Crippen molar-refractivity contribution in [2.75, 3.05) is 0 Å². The Bertz CT molecular complexity index is 3270. The molecule has 0 spiro atoms. The second-order valence-electron chi connectivity index (χ2n) is 14.2. The van der Waals surface area contributed by atoms with Gasteiger partial charge < -0.3 is 0 Å². The van der Waals surface area contributed by atoms with Gasteiger partial charge in [-0.2, -0.15) is 5.26 Å². The normalized spacial score (nSPS) is 11.6. The molecule has 10 aromatic carbocycles. The van der Waals surface area contributed by atoms with Crippen LogP contribution in [-0.2, 0) is 0 Å². The van der Waals surface area contributed by atoms with Crippen molar-refractivity contribution in [1.82, 2.24) is 0 Å². The Kier molecular flexibility index (Phi) is 7.17. The topological polar surface area (TPSA) is 23.8 Å². The van der Waals surface area contributed by atoms with Gasteiger partial charge in [0, 0.05) is 25.7 Å². The summed E-state index contributed by atoms with van der Waals surface area (Å²) in [6.45, 7) is 0. The summed E-state index contributed by atoms with van der Waals surface area (Å²) in [6.07, 6.45) is 0. The van der Waals surface area contributed by atoms with Gasteiger partial charge in [0.2, 0.25) is 0 Å². The summed E-state index contributed by atoms with van der Waals surface area (Å²) in [5, 5.41) is 22.4. The number of nitrogens with zero attached hydrogens (tertiary/aromatic N) is 1. The molecule has 55 heavy (non-hydrogen) atoms. The van der Waals surface area contributed by atoms with Crippen molar-refractivity contribution in [3.63, 3.8) is 0 Å². The average Bonchev–Trinajstić information content (AvgIpc) is 3.63. The third-order valence-electron chi connectivity index (χ3n) is 11.3. The molecular formula is C53H31NS. The molecule has 0 saturated carbocycles. The molecule has 0 aliphatic heterocycles. The minimum Gasteiger partial charge on any atom is -0.192 e. The van der Waals surface area contributed by atoms with Crippen LogP contribution in [0, 0.1) is 11.3 Å². The number of fused-ring (bicyclic) bond motifs is 7. The summed E-state index contributed by atoms with van der Waals surface area (Å²) in [6, 6.07) is 70.3. The highest BCUT2D eigenvalue weighted by atomic mass is 32.1. The number of hydrogen-bond donors (Lipinski definition) is 0. The van der Waals surface area contributed by atoms with Crippen LogP contribution in [-0.4, -0.2) is 0 Å². The van der Waals surface area contributed by atoms with Crippen molar-refractivity contribution in [3.8, 4) is 50.6 Å². The summed E-state index contributed by atoms with van der Waals surface area (Å²) in [7, 11) is 0.